The molecule has 0 bridgehead atoms. The van der Waals surface area contributed by atoms with Gasteiger partial charge in [-0.25, -0.2) is 0 Å². The summed E-state index contributed by atoms with van der Waals surface area (Å²) in [6.07, 6.45) is 0.912. The van der Waals surface area contributed by atoms with E-state index in [1.165, 1.54) is 17.7 Å². The van der Waals surface area contributed by atoms with Crippen LogP contribution < -0.4 is 10.2 Å². The van der Waals surface area contributed by atoms with Crippen molar-refractivity contribution in [3.05, 3.63) is 69.2 Å². The molecule has 0 saturated carbocycles. The van der Waals surface area contributed by atoms with E-state index in [0.717, 1.165) is 18.7 Å². The van der Waals surface area contributed by atoms with Crippen LogP contribution in [0.5, 0.6) is 0 Å². The Morgan fingerprint density at radius 3 is 2.70 bits per heavy atom. The molecule has 1 heterocycles. The van der Waals surface area contributed by atoms with Gasteiger partial charge in [-0.15, -0.1) is 0 Å². The van der Waals surface area contributed by atoms with E-state index in [9.17, 15) is 10.1 Å². The molecule has 1 saturated heterocycles. The molecule has 1 N–H and O–H groups in total. The van der Waals surface area contributed by atoms with Crippen LogP contribution in [-0.2, 0) is 6.42 Å². The smallest absolute Gasteiger partial charge is 0.271 e. The van der Waals surface area contributed by atoms with E-state index in [1.54, 1.807) is 6.07 Å². The Kier molecular flexibility index (Phi) is 4.24. The Hall–Kier alpha value is -2.11. The number of non-ortho nitro benzene ring substituents is 1. The number of nitrogens with one attached hydrogen (secondary N) is 1. The predicted octanol–water partition coefficient (Wildman–Crippen LogP) is 3.62. The maximum absolute atomic E-state index is 10.8. The predicted molar refractivity (Wildman–Crippen MR) is 92.0 cm³/mol. The molecule has 120 valence electrons. The van der Waals surface area contributed by atoms with Gasteiger partial charge in [0.1, 0.15) is 0 Å². The van der Waals surface area contributed by atoms with E-state index in [-0.39, 0.29) is 11.2 Å². The summed E-state index contributed by atoms with van der Waals surface area (Å²) in [4.78, 5) is 12.5. The summed E-state index contributed by atoms with van der Waals surface area (Å²) < 4.78 is 0. The molecule has 2 aromatic rings. The number of nitro groups is 1. The van der Waals surface area contributed by atoms with E-state index >= 15 is 0 Å². The summed E-state index contributed by atoms with van der Waals surface area (Å²) in [5.74, 6) is 0. The molecule has 0 spiro atoms. The first-order valence-electron chi connectivity index (χ1n) is 7.45. The fourth-order valence-electron chi connectivity index (χ4n) is 3.02. The largest absolute Gasteiger partial charge is 0.356 e. The van der Waals surface area contributed by atoms with Gasteiger partial charge in [0.25, 0.3) is 5.69 Å². The van der Waals surface area contributed by atoms with Gasteiger partial charge in [-0.05, 0) is 25.0 Å². The van der Waals surface area contributed by atoms with Crippen molar-refractivity contribution in [1.29, 1.82) is 0 Å². The maximum Gasteiger partial charge on any atom is 0.271 e. The zero-order chi connectivity index (χ0) is 16.4. The number of halogens is 1. The van der Waals surface area contributed by atoms with Gasteiger partial charge < -0.3 is 4.90 Å². The first-order chi connectivity index (χ1) is 11.0. The van der Waals surface area contributed by atoms with Crippen LogP contribution in [0.4, 0.5) is 11.4 Å². The maximum atomic E-state index is 10.8. The zero-order valence-electron chi connectivity index (χ0n) is 12.8. The number of rotatable bonds is 4. The summed E-state index contributed by atoms with van der Waals surface area (Å²) in [6, 6.07) is 14.9. The van der Waals surface area contributed by atoms with E-state index in [4.69, 9.17) is 11.6 Å². The van der Waals surface area contributed by atoms with Crippen molar-refractivity contribution in [3.63, 3.8) is 0 Å². The Labute approximate surface area is 140 Å². The van der Waals surface area contributed by atoms with Crippen LogP contribution in [0.15, 0.2) is 48.5 Å². The number of nitrogens with zero attached hydrogens (tertiary/aromatic N) is 2. The molecule has 1 atom stereocenters. The second kappa shape index (κ2) is 6.18. The molecule has 1 aliphatic rings. The van der Waals surface area contributed by atoms with Crippen molar-refractivity contribution in [3.8, 4) is 0 Å². The highest BCUT2D eigenvalue weighted by Gasteiger charge is 2.34. The molecular weight excluding hydrogens is 314 g/mol. The summed E-state index contributed by atoms with van der Waals surface area (Å²) in [7, 11) is 0. The lowest BCUT2D eigenvalue weighted by molar-refractivity contribution is -0.384. The minimum Gasteiger partial charge on any atom is -0.356 e. The monoisotopic (exact) mass is 331 g/mol. The average Bonchev–Trinajstić information content (AvgIpc) is 2.89. The van der Waals surface area contributed by atoms with Crippen molar-refractivity contribution in [2.24, 2.45) is 0 Å². The van der Waals surface area contributed by atoms with Gasteiger partial charge in [0, 0.05) is 24.2 Å². The highest BCUT2D eigenvalue weighted by atomic mass is 35.5. The second-order valence-corrected chi connectivity index (χ2v) is 6.56. The van der Waals surface area contributed by atoms with E-state index in [0.29, 0.717) is 11.7 Å². The lowest BCUT2D eigenvalue weighted by Crippen LogP contribution is -2.41. The fourth-order valence-corrected chi connectivity index (χ4v) is 3.31. The minimum absolute atomic E-state index is 0.0120. The zero-order valence-corrected chi connectivity index (χ0v) is 13.6. The Balaban J connectivity index is 1.75. The molecule has 5 nitrogen and oxygen atoms in total. The van der Waals surface area contributed by atoms with Crippen LogP contribution in [0.2, 0.25) is 5.02 Å². The average molecular weight is 332 g/mol. The summed E-state index contributed by atoms with van der Waals surface area (Å²) in [6.45, 7) is 3.64. The molecule has 23 heavy (non-hydrogen) atoms. The summed E-state index contributed by atoms with van der Waals surface area (Å²) >= 11 is 6.23. The van der Waals surface area contributed by atoms with Crippen LogP contribution in [0.1, 0.15) is 12.5 Å². The molecule has 1 aliphatic heterocycles. The third-order valence-electron chi connectivity index (χ3n) is 4.16. The van der Waals surface area contributed by atoms with Crippen LogP contribution in [0, 0.1) is 10.1 Å². The quantitative estimate of drug-likeness (QED) is 0.686. The number of hydrogen-bond acceptors (Lipinski definition) is 4. The molecule has 0 amide bonds. The van der Waals surface area contributed by atoms with E-state index < -0.39 is 4.92 Å². The molecule has 0 aromatic heterocycles. The van der Waals surface area contributed by atoms with Crippen molar-refractivity contribution < 1.29 is 4.92 Å². The van der Waals surface area contributed by atoms with Crippen molar-refractivity contribution in [1.82, 2.24) is 5.32 Å². The third-order valence-corrected chi connectivity index (χ3v) is 4.46. The van der Waals surface area contributed by atoms with E-state index in [2.05, 4.69) is 29.3 Å². The van der Waals surface area contributed by atoms with Crippen LogP contribution >= 0.6 is 11.6 Å². The van der Waals surface area contributed by atoms with Gasteiger partial charge in [0.05, 0.1) is 22.3 Å². The molecular formula is C17H18ClN3O2. The highest BCUT2D eigenvalue weighted by Crippen LogP contribution is 2.32. The SMILES string of the molecule is C[C@@]1(Cc2ccccc2)CN(c2ccc([N+](=O)[O-])cc2Cl)CN1. The normalized spacial score (nSPS) is 20.7. The van der Waals surface area contributed by atoms with Gasteiger partial charge >= 0.3 is 0 Å². The Bertz CT molecular complexity index is 723. The first-order valence-corrected chi connectivity index (χ1v) is 7.82. The third kappa shape index (κ3) is 3.46. The summed E-state index contributed by atoms with van der Waals surface area (Å²) in [5, 5.41) is 14.7. The molecule has 1 fully saturated rings. The van der Waals surface area contributed by atoms with Crippen LogP contribution in [0.25, 0.3) is 0 Å². The fraction of sp³-hybridized carbons (Fsp3) is 0.294. The molecule has 2 aromatic carbocycles. The van der Waals surface area contributed by atoms with E-state index in [1.807, 2.05) is 18.2 Å². The minimum atomic E-state index is -0.433. The molecule has 0 radical (unpaired) electrons. The standard InChI is InChI=1S/C17H18ClN3O2/c1-17(10-13-5-3-2-4-6-13)11-20(12-19-17)16-8-7-14(21(22)23)9-15(16)18/h2-9,19H,10-12H2,1H3/t17-/m1/s1. The lowest BCUT2D eigenvalue weighted by atomic mass is 9.93. The first kappa shape index (κ1) is 15.8. The van der Waals surface area contributed by atoms with Gasteiger partial charge in [0.15, 0.2) is 0 Å². The number of benzene rings is 2. The van der Waals surface area contributed by atoms with Gasteiger partial charge in [0.2, 0.25) is 0 Å². The van der Waals surface area contributed by atoms with Crippen molar-refractivity contribution >= 4 is 23.0 Å². The van der Waals surface area contributed by atoms with Gasteiger partial charge in [-0.1, -0.05) is 41.9 Å². The summed E-state index contributed by atoms with van der Waals surface area (Å²) in [5.41, 5.74) is 2.05. The van der Waals surface area contributed by atoms with Crippen LogP contribution in [-0.4, -0.2) is 23.7 Å². The topological polar surface area (TPSA) is 58.4 Å². The Morgan fingerprint density at radius 2 is 2.04 bits per heavy atom. The Morgan fingerprint density at radius 1 is 1.30 bits per heavy atom. The second-order valence-electron chi connectivity index (χ2n) is 6.15. The number of nitro benzene ring substituents is 1. The number of anilines is 1. The van der Waals surface area contributed by atoms with Crippen molar-refractivity contribution in [2.45, 2.75) is 18.9 Å². The molecule has 6 heteroatoms. The molecule has 0 unspecified atom stereocenters. The number of hydrogen-bond donors (Lipinski definition) is 1. The lowest BCUT2D eigenvalue weighted by Gasteiger charge is -2.25. The van der Waals surface area contributed by atoms with Crippen molar-refractivity contribution in [2.75, 3.05) is 18.1 Å². The van der Waals surface area contributed by atoms with Gasteiger partial charge in [-0.3, -0.25) is 15.4 Å². The van der Waals surface area contributed by atoms with Crippen LogP contribution in [0.3, 0.4) is 0 Å². The molecule has 0 aliphatic carbocycles. The van der Waals surface area contributed by atoms with Gasteiger partial charge in [-0.2, -0.15) is 0 Å². The highest BCUT2D eigenvalue weighted by molar-refractivity contribution is 6.33. The molecule has 3 rings (SSSR count).